The van der Waals surface area contributed by atoms with Crippen LogP contribution in [0.5, 0.6) is 0 Å². The van der Waals surface area contributed by atoms with Crippen molar-refractivity contribution in [2.75, 3.05) is 52.9 Å². The summed E-state index contributed by atoms with van der Waals surface area (Å²) in [5.74, 6) is -3.66. The lowest BCUT2D eigenvalue weighted by Crippen LogP contribution is -2.71. The molecule has 24 N–H and O–H groups in total. The number of rotatable bonds is 27. The molecule has 0 aromatic rings. The Bertz CT molecular complexity index is 2330. The van der Waals surface area contributed by atoms with Gasteiger partial charge in [0, 0.05) is 13.8 Å². The molecule has 7 aliphatic heterocycles. The summed E-state index contributed by atoms with van der Waals surface area (Å²) in [6.45, 7) is -5.56. The first-order chi connectivity index (χ1) is 43.6. The first-order valence-corrected chi connectivity index (χ1v) is 28.8. The van der Waals surface area contributed by atoms with Crippen molar-refractivity contribution in [1.29, 1.82) is 0 Å². The minimum Gasteiger partial charge on any atom is -0.479 e. The molecule has 7 aliphatic rings. The monoisotopic (exact) mass is 1350 g/mol. The van der Waals surface area contributed by atoms with Crippen LogP contribution in [0.15, 0.2) is 0 Å². The molecular formula is C50H83N3O39. The highest BCUT2D eigenvalue weighted by molar-refractivity contribution is 5.74. The smallest absolute Gasteiger partial charge is 0.335 e. The molecule has 0 aromatic carbocycles. The number of aliphatic hydroxyl groups is 20. The van der Waals surface area contributed by atoms with Gasteiger partial charge in [-0.25, -0.2) is 4.79 Å². The second-order valence-electron chi connectivity index (χ2n) is 22.5. The fourth-order valence-corrected chi connectivity index (χ4v) is 11.4. The summed E-state index contributed by atoms with van der Waals surface area (Å²) < 4.78 is 79.8. The molecule has 0 spiro atoms. The van der Waals surface area contributed by atoms with Gasteiger partial charge in [0.2, 0.25) is 18.2 Å². The minimum atomic E-state index is -2.32. The fourth-order valence-electron chi connectivity index (χ4n) is 11.4. The molecular weight excluding hydrogens is 1270 g/mol. The van der Waals surface area contributed by atoms with Crippen molar-refractivity contribution >= 4 is 24.2 Å². The molecule has 3 amide bonds. The summed E-state index contributed by atoms with van der Waals surface area (Å²) in [6.07, 6.45) is -66.8. The van der Waals surface area contributed by atoms with Crippen LogP contribution in [0.1, 0.15) is 13.8 Å². The Morgan fingerprint density at radius 1 is 0.380 bits per heavy atom. The van der Waals surface area contributed by atoms with Crippen LogP contribution in [-0.2, 0) is 85.5 Å². The highest BCUT2D eigenvalue weighted by atomic mass is 16.8. The second-order valence-corrected chi connectivity index (χ2v) is 22.5. The van der Waals surface area contributed by atoms with Gasteiger partial charge in [-0.05, 0) is 0 Å². The van der Waals surface area contributed by atoms with E-state index >= 15 is 0 Å². The van der Waals surface area contributed by atoms with Gasteiger partial charge in [-0.1, -0.05) is 0 Å². The normalized spacial score (nSPS) is 47.2. The largest absolute Gasteiger partial charge is 0.479 e. The third-order valence-electron chi connectivity index (χ3n) is 16.3. The quantitative estimate of drug-likeness (QED) is 0.0340. The van der Waals surface area contributed by atoms with Crippen LogP contribution < -0.4 is 16.0 Å². The number of nitrogens with one attached hydrogen (secondary N) is 3. The van der Waals surface area contributed by atoms with Crippen LogP contribution in [0, 0.1) is 0 Å². The topological polar surface area (TPSA) is 658 Å². The SMILES string of the molecule is CC(=O)N[C@H]1[C@H](O[C@H]2[C@@H](O)[C@@H](CO)O[C@@H](O[C@H]3[C@H](O)[C@@H](O)[C@H](OC[C@@H](CO)NC=O)O[C@@H]3CO)[C@@H]2O)O[C@H](CO)[C@@H](O[C@@H]2O[C@H](CO)[C@H](O)[C@H](O[C@@H]3O[C@H](CO)[C@@H](O[C@@H]4O[C@H](CO)[C@H](O)[C@H](O[C@@H]5O[C@H](C(=O)O)[C@@H](O)[C@H](O)[C@H]5O)[C@H]4O)[C@H](O)[C@H]3NC(C)=O)[C@H]2O)[C@@H]1O. The van der Waals surface area contributed by atoms with Crippen LogP contribution in [-0.4, -0.2) is 405 Å². The molecule has 42 heteroatoms. The zero-order valence-electron chi connectivity index (χ0n) is 48.8. The zero-order chi connectivity index (χ0) is 67.9. The molecule has 7 rings (SSSR count). The van der Waals surface area contributed by atoms with Gasteiger partial charge in [0.1, 0.15) is 165 Å². The molecule has 7 fully saturated rings. The zero-order valence-corrected chi connectivity index (χ0v) is 48.8. The van der Waals surface area contributed by atoms with Gasteiger partial charge in [0.05, 0.1) is 58.9 Å². The number of amides is 3. The van der Waals surface area contributed by atoms with E-state index in [-0.39, 0.29) is 6.41 Å². The summed E-state index contributed by atoms with van der Waals surface area (Å²) >= 11 is 0. The average Bonchev–Trinajstić information content (AvgIpc) is 0.782. The van der Waals surface area contributed by atoms with Crippen molar-refractivity contribution in [2.24, 2.45) is 0 Å². The van der Waals surface area contributed by atoms with Gasteiger partial charge in [0.25, 0.3) is 0 Å². The Kier molecular flexibility index (Phi) is 27.8. The van der Waals surface area contributed by atoms with E-state index in [2.05, 4.69) is 16.0 Å². The van der Waals surface area contributed by atoms with Crippen molar-refractivity contribution in [1.82, 2.24) is 16.0 Å². The van der Waals surface area contributed by atoms with E-state index in [1.54, 1.807) is 0 Å². The number of carbonyl (C=O) groups is 4. The van der Waals surface area contributed by atoms with Crippen molar-refractivity contribution in [3.63, 3.8) is 0 Å². The van der Waals surface area contributed by atoms with Crippen LogP contribution in [0.2, 0.25) is 0 Å². The Balaban J connectivity index is 1.06. The first kappa shape index (κ1) is 75.9. The molecule has 7 saturated heterocycles. The lowest BCUT2D eigenvalue weighted by molar-refractivity contribution is -0.389. The van der Waals surface area contributed by atoms with E-state index < -0.39 is 291 Å². The fraction of sp³-hybridized carbons (Fsp3) is 0.920. The molecule has 36 atom stereocenters. The maximum absolute atomic E-state index is 12.8. The van der Waals surface area contributed by atoms with Gasteiger partial charge in [0.15, 0.2) is 50.1 Å². The Morgan fingerprint density at radius 3 is 1.03 bits per heavy atom. The number of ether oxygens (including phenoxy) is 14. The van der Waals surface area contributed by atoms with E-state index in [9.17, 15) is 126 Å². The molecule has 0 unspecified atom stereocenters. The molecule has 0 bridgehead atoms. The van der Waals surface area contributed by atoms with Crippen LogP contribution in [0.4, 0.5) is 0 Å². The predicted molar refractivity (Wildman–Crippen MR) is 279 cm³/mol. The Hall–Kier alpha value is -3.48. The maximum Gasteiger partial charge on any atom is 0.335 e. The number of carboxylic acid groups (broad SMARTS) is 1. The van der Waals surface area contributed by atoms with Crippen LogP contribution in [0.25, 0.3) is 0 Å². The van der Waals surface area contributed by atoms with E-state index in [0.29, 0.717) is 0 Å². The molecule has 7 heterocycles. The number of hydrogen-bond acceptors (Lipinski definition) is 38. The lowest BCUT2D eigenvalue weighted by atomic mass is 9.93. The Labute approximate surface area is 519 Å². The van der Waals surface area contributed by atoms with E-state index in [4.69, 9.17) is 66.3 Å². The predicted octanol–water partition coefficient (Wildman–Crippen LogP) is -16.8. The summed E-state index contributed by atoms with van der Waals surface area (Å²) in [4.78, 5) is 48.1. The summed E-state index contributed by atoms with van der Waals surface area (Å²) in [7, 11) is 0. The Morgan fingerprint density at radius 2 is 0.696 bits per heavy atom. The molecule has 0 aliphatic carbocycles. The molecule has 0 aromatic heterocycles. The molecule has 0 saturated carbocycles. The average molecular weight is 1350 g/mol. The molecule has 42 nitrogen and oxygen atoms in total. The van der Waals surface area contributed by atoms with Gasteiger partial charge >= 0.3 is 5.97 Å². The molecule has 532 valence electrons. The van der Waals surface area contributed by atoms with Crippen molar-refractivity contribution in [2.45, 2.75) is 235 Å². The van der Waals surface area contributed by atoms with Gasteiger partial charge < -0.3 is 190 Å². The lowest BCUT2D eigenvalue weighted by Gasteiger charge is -2.51. The summed E-state index contributed by atoms with van der Waals surface area (Å²) in [5.41, 5.74) is 0. The number of hydrogen-bond donors (Lipinski definition) is 24. The highest BCUT2D eigenvalue weighted by Gasteiger charge is 2.59. The van der Waals surface area contributed by atoms with Crippen molar-refractivity contribution in [3.8, 4) is 0 Å². The van der Waals surface area contributed by atoms with E-state index in [1.807, 2.05) is 0 Å². The van der Waals surface area contributed by atoms with Crippen molar-refractivity contribution in [3.05, 3.63) is 0 Å². The van der Waals surface area contributed by atoms with Gasteiger partial charge in [-0.2, -0.15) is 0 Å². The van der Waals surface area contributed by atoms with Gasteiger partial charge in [-0.15, -0.1) is 0 Å². The standard InChI is InChI=1S/C50H83N3O39/c1-12(62)52-21-26(67)36(18(7-58)83-45(21)90-40-24(65)16(5-56)82-50(34(40)75)88-38-20(9-60)85-46(32(73)30(38)71)79-10-14(3-54)51-11-61)86-48-33(74)39(23(64)15(4-55)80-48)89-44-22(53-13(2)63)27(68)37(19(8-59)84-44)87-49-35(76)41(25(66)17(6-57)81-49)91-47-31(72)28(69)29(70)42(92-47)43(77)78/h11,14-42,44-50,54-60,64-76H,3-10H2,1-2H3,(H,51,61)(H,52,62)(H,53,63)(H,77,78)/t14-,15-,16-,17-,18-,19-,20-,21-,22-,23+,24+,25+,26-,27-,28+,29+,30-,31-,32-,33-,34-,35-,36-,37-,38-,39+,40+,41+,42+,44+,45+,46-,47-,48+,49+,50+/m1/s1. The number of aliphatic carboxylic acids is 1. The molecule has 0 radical (unpaired) electrons. The van der Waals surface area contributed by atoms with Crippen LogP contribution in [0.3, 0.4) is 0 Å². The van der Waals surface area contributed by atoms with E-state index in [0.717, 1.165) is 13.8 Å². The van der Waals surface area contributed by atoms with E-state index in [1.165, 1.54) is 0 Å². The summed E-state index contributed by atoms with van der Waals surface area (Å²) in [6, 6.07) is -4.75. The van der Waals surface area contributed by atoms with Crippen LogP contribution >= 0.6 is 0 Å². The van der Waals surface area contributed by atoms with Crippen molar-refractivity contribution < 1.29 is 193 Å². The summed E-state index contributed by atoms with van der Waals surface area (Å²) in [5, 5.41) is 234. The second kappa shape index (κ2) is 33.7. The number of carboxylic acids is 1. The highest BCUT2D eigenvalue weighted by Crippen LogP contribution is 2.38. The third kappa shape index (κ3) is 16.7. The maximum atomic E-state index is 12.8. The van der Waals surface area contributed by atoms with Gasteiger partial charge in [-0.3, -0.25) is 14.4 Å². The third-order valence-corrected chi connectivity index (χ3v) is 16.3. The minimum absolute atomic E-state index is 0.263. The molecule has 92 heavy (non-hydrogen) atoms. The number of carbonyl (C=O) groups excluding carboxylic acids is 3. The number of aliphatic hydroxyl groups excluding tert-OH is 20. The first-order valence-electron chi connectivity index (χ1n) is 28.8.